The van der Waals surface area contributed by atoms with Crippen LogP contribution in [-0.2, 0) is 19.6 Å². The third-order valence-electron chi connectivity index (χ3n) is 4.09. The number of hydrogen-bond donors (Lipinski definition) is 1. The van der Waals surface area contributed by atoms with Crippen molar-refractivity contribution in [3.63, 3.8) is 0 Å². The molecule has 0 spiro atoms. The van der Waals surface area contributed by atoms with Crippen LogP contribution in [0.15, 0.2) is 48.5 Å². The lowest BCUT2D eigenvalue weighted by molar-refractivity contribution is -0.117. The average molecular weight is 422 g/mol. The number of hydrogen-bond acceptors (Lipinski definition) is 5. The Bertz CT molecular complexity index is 977. The van der Waals surface area contributed by atoms with Crippen LogP contribution in [0.4, 0.5) is 15.8 Å². The maximum atomic E-state index is 13.3. The third-order valence-corrected chi connectivity index (χ3v) is 5.27. The van der Waals surface area contributed by atoms with Crippen LogP contribution in [-0.4, -0.2) is 39.2 Å². The van der Waals surface area contributed by atoms with Crippen molar-refractivity contribution in [2.75, 3.05) is 22.5 Å². The van der Waals surface area contributed by atoms with Crippen LogP contribution >= 0.6 is 0 Å². The van der Waals surface area contributed by atoms with E-state index in [1.807, 2.05) is 0 Å². The molecular formula is C20H23FN2O5S. The molecule has 0 fully saturated rings. The Morgan fingerprint density at radius 1 is 1.10 bits per heavy atom. The number of ether oxygens (including phenoxy) is 1. The van der Waals surface area contributed by atoms with E-state index in [9.17, 15) is 22.4 Å². The summed E-state index contributed by atoms with van der Waals surface area (Å²) in [5, 5.41) is 2.61. The molecule has 1 atom stereocenters. The van der Waals surface area contributed by atoms with Crippen LogP contribution in [0.2, 0.25) is 0 Å². The van der Waals surface area contributed by atoms with Crippen molar-refractivity contribution < 1.29 is 27.1 Å². The molecule has 0 saturated heterocycles. The molecule has 2 aromatic rings. The maximum absolute atomic E-state index is 13.3. The van der Waals surface area contributed by atoms with Crippen molar-refractivity contribution >= 4 is 33.3 Å². The van der Waals surface area contributed by atoms with Gasteiger partial charge >= 0.3 is 5.97 Å². The largest absolute Gasteiger partial charge is 0.462 e. The summed E-state index contributed by atoms with van der Waals surface area (Å²) in [5.41, 5.74) is 0.529. The van der Waals surface area contributed by atoms with Crippen LogP contribution in [0, 0.1) is 5.82 Å². The van der Waals surface area contributed by atoms with Gasteiger partial charge in [-0.05, 0) is 49.7 Å². The number of carbonyl (C=O) groups is 2. The number of nitrogens with one attached hydrogen (secondary N) is 1. The predicted molar refractivity (Wildman–Crippen MR) is 109 cm³/mol. The first-order valence-corrected chi connectivity index (χ1v) is 10.9. The zero-order valence-corrected chi connectivity index (χ0v) is 17.2. The molecular weight excluding hydrogens is 399 g/mol. The van der Waals surface area contributed by atoms with Crippen LogP contribution in [0.5, 0.6) is 0 Å². The van der Waals surface area contributed by atoms with Gasteiger partial charge in [0.2, 0.25) is 15.9 Å². The summed E-state index contributed by atoms with van der Waals surface area (Å²) >= 11 is 0. The second-order valence-corrected chi connectivity index (χ2v) is 8.07. The first kappa shape index (κ1) is 22.4. The van der Waals surface area contributed by atoms with Gasteiger partial charge < -0.3 is 10.1 Å². The van der Waals surface area contributed by atoms with E-state index in [0.717, 1.165) is 22.7 Å². The molecule has 29 heavy (non-hydrogen) atoms. The molecule has 0 saturated carbocycles. The molecule has 2 aromatic carbocycles. The Balaban J connectivity index is 2.39. The topological polar surface area (TPSA) is 92.8 Å². The van der Waals surface area contributed by atoms with E-state index in [0.29, 0.717) is 0 Å². The molecule has 2 rings (SSSR count). The van der Waals surface area contributed by atoms with Gasteiger partial charge in [0.1, 0.15) is 11.9 Å². The van der Waals surface area contributed by atoms with E-state index in [2.05, 4.69) is 5.32 Å². The molecule has 7 nitrogen and oxygen atoms in total. The number of sulfonamides is 1. The van der Waals surface area contributed by atoms with Gasteiger partial charge in [-0.3, -0.25) is 9.10 Å². The van der Waals surface area contributed by atoms with Crippen molar-refractivity contribution in [2.24, 2.45) is 0 Å². The first-order chi connectivity index (χ1) is 13.7. The summed E-state index contributed by atoms with van der Waals surface area (Å²) in [6, 6.07) is 10.0. The third kappa shape index (κ3) is 5.54. The van der Waals surface area contributed by atoms with E-state index >= 15 is 0 Å². The summed E-state index contributed by atoms with van der Waals surface area (Å²) in [4.78, 5) is 25.1. The van der Waals surface area contributed by atoms with E-state index in [-0.39, 0.29) is 30.0 Å². The second kappa shape index (κ2) is 9.51. The van der Waals surface area contributed by atoms with Gasteiger partial charge in [-0.15, -0.1) is 0 Å². The smallest absolute Gasteiger partial charge is 0.340 e. The van der Waals surface area contributed by atoms with E-state index in [1.165, 1.54) is 24.3 Å². The Hall–Kier alpha value is -2.94. The predicted octanol–water partition coefficient (Wildman–Crippen LogP) is 3.19. The van der Waals surface area contributed by atoms with Gasteiger partial charge in [-0.1, -0.05) is 19.1 Å². The summed E-state index contributed by atoms with van der Waals surface area (Å²) < 4.78 is 44.0. The highest BCUT2D eigenvalue weighted by Crippen LogP contribution is 2.24. The molecule has 0 aromatic heterocycles. The van der Waals surface area contributed by atoms with Crippen LogP contribution in [0.3, 0.4) is 0 Å². The van der Waals surface area contributed by atoms with Crippen LogP contribution < -0.4 is 9.62 Å². The fourth-order valence-corrected chi connectivity index (χ4v) is 4.06. The van der Waals surface area contributed by atoms with E-state index in [1.54, 1.807) is 26.0 Å². The van der Waals surface area contributed by atoms with E-state index in [4.69, 9.17) is 4.74 Å². The monoisotopic (exact) mass is 422 g/mol. The highest BCUT2D eigenvalue weighted by Gasteiger charge is 2.32. The number of amides is 1. The molecule has 0 aliphatic rings. The minimum absolute atomic E-state index is 0.151. The van der Waals surface area contributed by atoms with Crippen LogP contribution in [0.25, 0.3) is 0 Å². The number of para-hydroxylation sites is 1. The molecule has 0 heterocycles. The number of benzene rings is 2. The molecule has 1 amide bonds. The summed E-state index contributed by atoms with van der Waals surface area (Å²) in [6.45, 7) is 3.49. The normalized spacial score (nSPS) is 12.1. The van der Waals surface area contributed by atoms with E-state index < -0.39 is 33.8 Å². The summed E-state index contributed by atoms with van der Waals surface area (Å²) in [7, 11) is -3.86. The van der Waals surface area contributed by atoms with Crippen LogP contribution in [0.1, 0.15) is 30.6 Å². The van der Waals surface area contributed by atoms with Crippen molar-refractivity contribution in [3.8, 4) is 0 Å². The van der Waals surface area contributed by atoms with Crippen molar-refractivity contribution in [3.05, 3.63) is 59.9 Å². The lowest BCUT2D eigenvalue weighted by atomic mass is 10.1. The number of nitrogens with zero attached hydrogens (tertiary/aromatic N) is 1. The molecule has 0 aliphatic heterocycles. The number of rotatable bonds is 8. The molecule has 0 radical (unpaired) electrons. The first-order valence-electron chi connectivity index (χ1n) is 9.01. The van der Waals surface area contributed by atoms with Gasteiger partial charge in [0, 0.05) is 0 Å². The average Bonchev–Trinajstić information content (AvgIpc) is 2.66. The molecule has 9 heteroatoms. The number of esters is 1. The fourth-order valence-electron chi connectivity index (χ4n) is 2.84. The zero-order chi connectivity index (χ0) is 21.6. The minimum Gasteiger partial charge on any atom is -0.462 e. The standard InChI is InChI=1S/C20H23FN2O5S/c1-4-18(23(29(3,26)27)15-12-10-14(21)11-13-15)19(24)22-17-9-7-6-8-16(17)20(25)28-5-2/h6-13,18H,4-5H2,1-3H3,(H,22,24)/t18-/m1/s1. The lowest BCUT2D eigenvalue weighted by Gasteiger charge is -2.30. The zero-order valence-electron chi connectivity index (χ0n) is 16.4. The number of anilines is 2. The molecule has 1 N–H and O–H groups in total. The Morgan fingerprint density at radius 2 is 1.72 bits per heavy atom. The van der Waals surface area contributed by atoms with Gasteiger partial charge in [0.15, 0.2) is 0 Å². The highest BCUT2D eigenvalue weighted by molar-refractivity contribution is 7.92. The van der Waals surface area contributed by atoms with Crippen molar-refractivity contribution in [1.29, 1.82) is 0 Å². The fraction of sp³-hybridized carbons (Fsp3) is 0.300. The quantitative estimate of drug-likeness (QED) is 0.660. The maximum Gasteiger partial charge on any atom is 0.340 e. The Morgan fingerprint density at radius 3 is 2.28 bits per heavy atom. The Labute approximate surface area is 169 Å². The lowest BCUT2D eigenvalue weighted by Crippen LogP contribution is -2.47. The van der Waals surface area contributed by atoms with Gasteiger partial charge in [-0.25, -0.2) is 17.6 Å². The van der Waals surface area contributed by atoms with Gasteiger partial charge in [-0.2, -0.15) is 0 Å². The number of halogens is 1. The van der Waals surface area contributed by atoms with Gasteiger partial charge in [0.05, 0.1) is 29.8 Å². The van der Waals surface area contributed by atoms with Crippen molar-refractivity contribution in [1.82, 2.24) is 0 Å². The summed E-state index contributed by atoms with van der Waals surface area (Å²) in [5.74, 6) is -1.75. The summed E-state index contributed by atoms with van der Waals surface area (Å²) in [6.07, 6.45) is 1.12. The second-order valence-electron chi connectivity index (χ2n) is 6.21. The molecule has 156 valence electrons. The molecule has 0 bridgehead atoms. The molecule has 0 aliphatic carbocycles. The SMILES string of the molecule is CCOC(=O)c1ccccc1NC(=O)[C@@H](CC)N(c1ccc(F)cc1)S(C)(=O)=O. The Kier molecular flexibility index (Phi) is 7.33. The van der Waals surface area contributed by atoms with Crippen molar-refractivity contribution in [2.45, 2.75) is 26.3 Å². The highest BCUT2D eigenvalue weighted by atomic mass is 32.2. The van der Waals surface area contributed by atoms with Gasteiger partial charge in [0.25, 0.3) is 0 Å². The minimum atomic E-state index is -3.86. The number of carbonyl (C=O) groups excluding carboxylic acids is 2. The molecule has 0 unspecified atom stereocenters.